The number of ether oxygens (including phenoxy) is 2. The fraction of sp³-hybridized carbons (Fsp3) is 0.286. The maximum absolute atomic E-state index is 12.1. The van der Waals surface area contributed by atoms with Crippen LogP contribution in [0.4, 0.5) is 4.79 Å². The summed E-state index contributed by atoms with van der Waals surface area (Å²) in [4.78, 5) is 35.8. The highest BCUT2D eigenvalue weighted by atomic mass is 16.5. The summed E-state index contributed by atoms with van der Waals surface area (Å²) in [7, 11) is 1.26. The van der Waals surface area contributed by atoms with Crippen molar-refractivity contribution < 1.29 is 23.9 Å². The summed E-state index contributed by atoms with van der Waals surface area (Å²) in [5.41, 5.74) is 2.82. The fourth-order valence-corrected chi connectivity index (χ4v) is 2.47. The highest BCUT2D eigenvalue weighted by molar-refractivity contribution is 5.87. The zero-order valence-corrected chi connectivity index (χ0v) is 15.9. The Morgan fingerprint density at radius 1 is 0.964 bits per heavy atom. The summed E-state index contributed by atoms with van der Waals surface area (Å²) in [6.07, 6.45) is -0.427. The molecule has 0 radical (unpaired) electrons. The minimum absolute atomic E-state index is 0.104. The Labute approximate surface area is 164 Å². The molecule has 2 N–H and O–H groups in total. The van der Waals surface area contributed by atoms with Gasteiger partial charge in [-0.3, -0.25) is 4.79 Å². The number of hydrogen-bond acceptors (Lipinski definition) is 5. The minimum atomic E-state index is -0.845. The van der Waals surface area contributed by atoms with Gasteiger partial charge in [0.05, 0.1) is 7.11 Å². The van der Waals surface area contributed by atoms with Crippen LogP contribution >= 0.6 is 0 Å². The highest BCUT2D eigenvalue weighted by Crippen LogP contribution is 2.07. The van der Waals surface area contributed by atoms with E-state index in [-0.39, 0.29) is 19.6 Å². The van der Waals surface area contributed by atoms with Crippen LogP contribution in [0.5, 0.6) is 0 Å². The van der Waals surface area contributed by atoms with Gasteiger partial charge >= 0.3 is 12.1 Å². The van der Waals surface area contributed by atoms with Gasteiger partial charge in [-0.1, -0.05) is 60.2 Å². The van der Waals surface area contributed by atoms with E-state index in [2.05, 4.69) is 10.6 Å². The van der Waals surface area contributed by atoms with Crippen LogP contribution < -0.4 is 10.6 Å². The summed E-state index contributed by atoms with van der Waals surface area (Å²) in [6, 6.07) is 16.0. The molecule has 148 valence electrons. The molecule has 0 aliphatic rings. The SMILES string of the molecule is COC(=O)[C@@H](Cc1ccc(C)cc1)NC(=O)CNC(=O)OCc1ccccc1. The molecule has 0 spiro atoms. The third-order valence-electron chi connectivity index (χ3n) is 3.99. The van der Waals surface area contributed by atoms with E-state index in [9.17, 15) is 14.4 Å². The molecule has 2 amide bonds. The molecular formula is C21H24N2O5. The van der Waals surface area contributed by atoms with E-state index in [1.807, 2.05) is 61.5 Å². The Morgan fingerprint density at radius 2 is 1.64 bits per heavy atom. The van der Waals surface area contributed by atoms with Gasteiger partial charge in [-0.15, -0.1) is 0 Å². The van der Waals surface area contributed by atoms with Crippen LogP contribution in [-0.2, 0) is 32.1 Å². The van der Waals surface area contributed by atoms with Gasteiger partial charge in [-0.2, -0.15) is 0 Å². The van der Waals surface area contributed by atoms with E-state index in [1.54, 1.807) is 0 Å². The first-order valence-corrected chi connectivity index (χ1v) is 8.85. The molecule has 0 saturated heterocycles. The van der Waals surface area contributed by atoms with Gasteiger partial charge in [0.2, 0.25) is 5.91 Å². The second-order valence-corrected chi connectivity index (χ2v) is 6.25. The number of alkyl carbamates (subject to hydrolysis) is 1. The molecule has 0 heterocycles. The van der Waals surface area contributed by atoms with Crippen molar-refractivity contribution in [2.24, 2.45) is 0 Å². The molecule has 0 saturated carbocycles. The summed E-state index contributed by atoms with van der Waals surface area (Å²) in [6.45, 7) is 1.76. The van der Waals surface area contributed by atoms with Gasteiger partial charge < -0.3 is 20.1 Å². The zero-order chi connectivity index (χ0) is 20.4. The molecule has 2 aromatic rings. The molecule has 0 aliphatic carbocycles. The first-order valence-electron chi connectivity index (χ1n) is 8.85. The van der Waals surface area contributed by atoms with Crippen LogP contribution in [0.3, 0.4) is 0 Å². The topological polar surface area (TPSA) is 93.7 Å². The first-order chi connectivity index (χ1) is 13.5. The van der Waals surface area contributed by atoms with Crippen LogP contribution in [-0.4, -0.2) is 37.7 Å². The Morgan fingerprint density at radius 3 is 2.29 bits per heavy atom. The number of aryl methyl sites for hydroxylation is 1. The lowest BCUT2D eigenvalue weighted by Gasteiger charge is -2.17. The Kier molecular flexibility index (Phi) is 8.02. The summed E-state index contributed by atoms with van der Waals surface area (Å²) in [5.74, 6) is -1.07. The highest BCUT2D eigenvalue weighted by Gasteiger charge is 2.22. The minimum Gasteiger partial charge on any atom is -0.467 e. The molecule has 1 atom stereocenters. The van der Waals surface area contributed by atoms with Gasteiger partial charge in [-0.05, 0) is 18.1 Å². The Balaban J connectivity index is 1.81. The number of esters is 1. The largest absolute Gasteiger partial charge is 0.467 e. The molecule has 7 heteroatoms. The van der Waals surface area contributed by atoms with Crippen LogP contribution in [0.25, 0.3) is 0 Å². The predicted molar refractivity (Wildman–Crippen MR) is 103 cm³/mol. The summed E-state index contributed by atoms with van der Waals surface area (Å²) < 4.78 is 9.79. The van der Waals surface area contributed by atoms with E-state index in [1.165, 1.54) is 7.11 Å². The van der Waals surface area contributed by atoms with Crippen molar-refractivity contribution in [1.82, 2.24) is 10.6 Å². The monoisotopic (exact) mass is 384 g/mol. The second kappa shape index (κ2) is 10.7. The number of hydrogen-bond donors (Lipinski definition) is 2. The van der Waals surface area contributed by atoms with Gasteiger partial charge in [0.1, 0.15) is 19.2 Å². The van der Waals surface area contributed by atoms with Crippen molar-refractivity contribution in [2.45, 2.75) is 26.0 Å². The lowest BCUT2D eigenvalue weighted by atomic mass is 10.0. The third kappa shape index (κ3) is 7.11. The van der Waals surface area contributed by atoms with Crippen molar-refractivity contribution in [3.05, 3.63) is 71.3 Å². The average molecular weight is 384 g/mol. The quantitative estimate of drug-likeness (QED) is 0.680. The van der Waals surface area contributed by atoms with Crippen LogP contribution in [0, 0.1) is 6.92 Å². The number of rotatable bonds is 8. The number of carbonyl (C=O) groups excluding carboxylic acids is 3. The Hall–Kier alpha value is -3.35. The van der Waals surface area contributed by atoms with Crippen molar-refractivity contribution >= 4 is 18.0 Å². The van der Waals surface area contributed by atoms with E-state index in [4.69, 9.17) is 9.47 Å². The van der Waals surface area contributed by atoms with Crippen LogP contribution in [0.2, 0.25) is 0 Å². The number of methoxy groups -OCH3 is 1. The van der Waals surface area contributed by atoms with E-state index < -0.39 is 24.0 Å². The van der Waals surface area contributed by atoms with Crippen LogP contribution in [0.1, 0.15) is 16.7 Å². The van der Waals surface area contributed by atoms with Crippen molar-refractivity contribution in [2.75, 3.05) is 13.7 Å². The molecule has 0 aromatic heterocycles. The van der Waals surface area contributed by atoms with E-state index >= 15 is 0 Å². The number of benzene rings is 2. The molecule has 7 nitrogen and oxygen atoms in total. The molecule has 0 fully saturated rings. The zero-order valence-electron chi connectivity index (χ0n) is 15.9. The second-order valence-electron chi connectivity index (χ2n) is 6.25. The lowest BCUT2D eigenvalue weighted by molar-refractivity contribution is -0.144. The number of nitrogens with one attached hydrogen (secondary N) is 2. The smallest absolute Gasteiger partial charge is 0.407 e. The summed E-state index contributed by atoms with van der Waals surface area (Å²) in [5, 5.41) is 4.94. The van der Waals surface area contributed by atoms with Gasteiger partial charge in [0, 0.05) is 6.42 Å². The van der Waals surface area contributed by atoms with Gasteiger partial charge in [-0.25, -0.2) is 9.59 Å². The van der Waals surface area contributed by atoms with E-state index in [0.717, 1.165) is 16.7 Å². The number of carbonyl (C=O) groups is 3. The molecule has 0 aliphatic heterocycles. The maximum Gasteiger partial charge on any atom is 0.407 e. The standard InChI is InChI=1S/C21H24N2O5/c1-15-8-10-16(11-9-15)12-18(20(25)27-2)23-19(24)13-22-21(26)28-14-17-6-4-3-5-7-17/h3-11,18H,12-14H2,1-2H3,(H,22,26)(H,23,24)/t18-/m1/s1. The lowest BCUT2D eigenvalue weighted by Crippen LogP contribution is -2.47. The normalized spacial score (nSPS) is 11.2. The maximum atomic E-state index is 12.1. The molecule has 28 heavy (non-hydrogen) atoms. The fourth-order valence-electron chi connectivity index (χ4n) is 2.47. The first kappa shape index (κ1) is 21.0. The Bertz CT molecular complexity index is 790. The summed E-state index contributed by atoms with van der Waals surface area (Å²) >= 11 is 0. The molecule has 2 aromatic carbocycles. The van der Waals surface area contributed by atoms with Gasteiger partial charge in [0.25, 0.3) is 0 Å². The van der Waals surface area contributed by atoms with E-state index in [0.29, 0.717) is 0 Å². The van der Waals surface area contributed by atoms with Gasteiger partial charge in [0.15, 0.2) is 0 Å². The van der Waals surface area contributed by atoms with Crippen LogP contribution in [0.15, 0.2) is 54.6 Å². The molecule has 0 bridgehead atoms. The predicted octanol–water partition coefficient (Wildman–Crippen LogP) is 2.12. The average Bonchev–Trinajstić information content (AvgIpc) is 2.72. The van der Waals surface area contributed by atoms with Crippen molar-refractivity contribution in [3.8, 4) is 0 Å². The van der Waals surface area contributed by atoms with Crippen molar-refractivity contribution in [3.63, 3.8) is 0 Å². The molecule has 0 unspecified atom stereocenters. The molecular weight excluding hydrogens is 360 g/mol. The number of amides is 2. The van der Waals surface area contributed by atoms with Crippen molar-refractivity contribution in [1.29, 1.82) is 0 Å². The third-order valence-corrected chi connectivity index (χ3v) is 3.99. The molecule has 2 rings (SSSR count).